The minimum Gasteiger partial charge on any atom is -0.387 e. The van der Waals surface area contributed by atoms with E-state index in [1.54, 1.807) is 12.1 Å². The van der Waals surface area contributed by atoms with Gasteiger partial charge in [0.1, 0.15) is 0 Å². The van der Waals surface area contributed by atoms with Crippen LogP contribution in [0.3, 0.4) is 0 Å². The van der Waals surface area contributed by atoms with Gasteiger partial charge in [-0.1, -0.05) is 57.2 Å². The van der Waals surface area contributed by atoms with Crippen molar-refractivity contribution in [2.45, 2.75) is 75.7 Å². The van der Waals surface area contributed by atoms with E-state index in [4.69, 9.17) is 4.98 Å². The molecule has 1 atom stereocenters. The van der Waals surface area contributed by atoms with Gasteiger partial charge in [0.25, 0.3) is 10.0 Å². The van der Waals surface area contributed by atoms with E-state index in [-0.39, 0.29) is 4.90 Å². The van der Waals surface area contributed by atoms with E-state index in [1.165, 1.54) is 41.3 Å². The number of sulfonamides is 1. The van der Waals surface area contributed by atoms with E-state index in [2.05, 4.69) is 22.5 Å². The number of thiazole rings is 1. The van der Waals surface area contributed by atoms with Gasteiger partial charge in [0.05, 0.1) is 22.4 Å². The molecule has 4 N–H and O–H groups in total. The summed E-state index contributed by atoms with van der Waals surface area (Å²) in [6.45, 7) is 4.17. The molecule has 0 spiro atoms. The van der Waals surface area contributed by atoms with Crippen molar-refractivity contribution in [1.29, 1.82) is 0 Å². The zero-order chi connectivity index (χ0) is 32.6. The maximum atomic E-state index is 14.3. The summed E-state index contributed by atoms with van der Waals surface area (Å²) in [5.74, 6) is 0. The molecule has 6 rings (SSSR count). The van der Waals surface area contributed by atoms with E-state index in [1.807, 2.05) is 66.2 Å². The molecule has 0 saturated heterocycles. The summed E-state index contributed by atoms with van der Waals surface area (Å²) < 4.78 is 30.0. The van der Waals surface area contributed by atoms with E-state index in [9.17, 15) is 13.5 Å². The van der Waals surface area contributed by atoms with Crippen molar-refractivity contribution < 1.29 is 13.5 Å². The van der Waals surface area contributed by atoms with Crippen molar-refractivity contribution in [3.63, 3.8) is 0 Å². The topological polar surface area (TPSA) is 110 Å². The van der Waals surface area contributed by atoms with Crippen LogP contribution in [0.15, 0.2) is 83.2 Å². The number of hydrogen-bond acceptors (Lipinski definition) is 7. The predicted molar refractivity (Wildman–Crippen MR) is 193 cm³/mol. The number of nitrogens with zero attached hydrogens (tertiary/aromatic N) is 2. The van der Waals surface area contributed by atoms with Gasteiger partial charge < -0.3 is 20.7 Å². The Kier molecular flexibility index (Phi) is 10.9. The first kappa shape index (κ1) is 33.2. The number of benzene rings is 3. The largest absolute Gasteiger partial charge is 0.387 e. The second kappa shape index (κ2) is 15.5. The molecule has 0 amide bonds. The molecule has 0 fully saturated rings. The number of aliphatic hydroxyl groups excluding tert-OH is 1. The van der Waals surface area contributed by atoms with Crippen LogP contribution in [0.2, 0.25) is 0 Å². The fourth-order valence-electron chi connectivity index (χ4n) is 6.16. The monoisotopic (exact) mass is 671 g/mol. The first-order valence-corrected chi connectivity index (χ1v) is 19.2. The average molecular weight is 672 g/mol. The van der Waals surface area contributed by atoms with Gasteiger partial charge in [-0.15, -0.1) is 11.3 Å². The fraction of sp³-hybridized carbons (Fsp3) is 0.378. The van der Waals surface area contributed by atoms with Gasteiger partial charge >= 0.3 is 0 Å². The molecule has 1 aliphatic heterocycles. The van der Waals surface area contributed by atoms with Crippen LogP contribution in [0.4, 0.5) is 16.5 Å². The number of aromatic amines is 1. The third kappa shape index (κ3) is 8.06. The van der Waals surface area contributed by atoms with Crippen molar-refractivity contribution in [3.8, 4) is 0 Å². The van der Waals surface area contributed by atoms with Crippen LogP contribution >= 0.6 is 11.3 Å². The van der Waals surface area contributed by atoms with Crippen LogP contribution < -0.4 is 14.9 Å². The van der Waals surface area contributed by atoms with Crippen LogP contribution in [0.5, 0.6) is 0 Å². The highest BCUT2D eigenvalue weighted by atomic mass is 32.2. The number of fused-ring (bicyclic) bond motifs is 2. The molecule has 47 heavy (non-hydrogen) atoms. The Morgan fingerprint density at radius 3 is 2.66 bits per heavy atom. The van der Waals surface area contributed by atoms with Crippen LogP contribution in [-0.4, -0.2) is 43.1 Å². The van der Waals surface area contributed by atoms with Gasteiger partial charge in [-0.25, -0.2) is 17.7 Å². The number of nitrogens with one attached hydrogen (secondary N) is 3. The van der Waals surface area contributed by atoms with Crippen LogP contribution in [0, 0.1) is 0 Å². The van der Waals surface area contributed by atoms with Crippen molar-refractivity contribution >= 4 is 48.8 Å². The van der Waals surface area contributed by atoms with Crippen LogP contribution in [-0.2, 0) is 29.3 Å². The highest BCUT2D eigenvalue weighted by Crippen LogP contribution is 2.36. The predicted octanol–water partition coefficient (Wildman–Crippen LogP) is 7.89. The highest BCUT2D eigenvalue weighted by molar-refractivity contribution is 7.93. The first-order chi connectivity index (χ1) is 22.9. The van der Waals surface area contributed by atoms with Crippen molar-refractivity contribution in [2.75, 3.05) is 29.3 Å². The molecule has 248 valence electrons. The number of anilines is 3. The lowest BCUT2D eigenvalue weighted by atomic mass is 10.1. The summed E-state index contributed by atoms with van der Waals surface area (Å²) in [6, 6.07) is 21.0. The molecule has 0 bridgehead atoms. The molecule has 0 radical (unpaired) electrons. The Morgan fingerprint density at radius 2 is 1.81 bits per heavy atom. The van der Waals surface area contributed by atoms with E-state index in [0.29, 0.717) is 23.9 Å². The van der Waals surface area contributed by atoms with Crippen molar-refractivity contribution in [1.82, 2.24) is 15.3 Å². The maximum absolute atomic E-state index is 14.3. The molecule has 8 nitrogen and oxygen atoms in total. The lowest BCUT2D eigenvalue weighted by molar-refractivity contribution is 0.175. The number of aromatic nitrogens is 2. The molecule has 5 aromatic rings. The first-order valence-electron chi connectivity index (χ1n) is 16.8. The number of aliphatic hydroxyl groups is 1. The molecule has 10 heteroatoms. The molecule has 0 saturated carbocycles. The Balaban J connectivity index is 1.13. The molecular weight excluding hydrogens is 627 g/mol. The molecule has 2 aromatic heterocycles. The normalized spacial score (nSPS) is 13.5. The number of rotatable bonds is 17. The summed E-state index contributed by atoms with van der Waals surface area (Å²) in [7, 11) is -3.92. The molecule has 1 aliphatic rings. The second-order valence-corrected chi connectivity index (χ2v) is 15.0. The summed E-state index contributed by atoms with van der Waals surface area (Å²) in [5, 5.41) is 20.9. The lowest BCUT2D eigenvalue weighted by Gasteiger charge is -2.22. The summed E-state index contributed by atoms with van der Waals surface area (Å²) >= 11 is 1.38. The van der Waals surface area contributed by atoms with Gasteiger partial charge in [-0.2, -0.15) is 0 Å². The van der Waals surface area contributed by atoms with Crippen molar-refractivity contribution in [2.24, 2.45) is 0 Å². The number of unbranched alkanes of at least 4 members (excludes halogenated alkanes) is 5. The Hall–Kier alpha value is -3.70. The molecule has 0 aliphatic carbocycles. The zero-order valence-corrected chi connectivity index (χ0v) is 28.7. The molecular formula is C37H45N5O3S2. The third-order valence-electron chi connectivity index (χ3n) is 8.89. The van der Waals surface area contributed by atoms with E-state index in [0.717, 1.165) is 77.6 Å². The second-order valence-electron chi connectivity index (χ2n) is 12.4. The van der Waals surface area contributed by atoms with Gasteiger partial charge in [-0.3, -0.25) is 0 Å². The van der Waals surface area contributed by atoms with Gasteiger partial charge in [-0.05, 0) is 103 Å². The molecule has 3 aromatic carbocycles. The quantitative estimate of drug-likeness (QED) is 0.0749. The third-order valence-corrected chi connectivity index (χ3v) is 11.6. The smallest absolute Gasteiger partial charge is 0.270 e. The average Bonchev–Trinajstić information content (AvgIpc) is 3.86. The summed E-state index contributed by atoms with van der Waals surface area (Å²) in [5.41, 5.74) is 6.54. The minimum atomic E-state index is -3.92. The van der Waals surface area contributed by atoms with E-state index >= 15 is 0 Å². The summed E-state index contributed by atoms with van der Waals surface area (Å²) in [6.07, 6.45) is 10.9. The maximum Gasteiger partial charge on any atom is 0.270 e. The Bertz CT molecular complexity index is 1870. The van der Waals surface area contributed by atoms with Gasteiger partial charge in [0, 0.05) is 35.9 Å². The summed E-state index contributed by atoms with van der Waals surface area (Å²) in [4.78, 5) is 8.29. The molecule has 1 unspecified atom stereocenters. The van der Waals surface area contributed by atoms with Crippen molar-refractivity contribution in [3.05, 3.63) is 101 Å². The highest BCUT2D eigenvalue weighted by Gasteiger charge is 2.30. The van der Waals surface area contributed by atoms with Gasteiger partial charge in [0.15, 0.2) is 0 Å². The number of aryl methyl sites for hydroxylation is 1. The Morgan fingerprint density at radius 1 is 0.979 bits per heavy atom. The standard InChI is InChI=1S/C37H45N5O3S2/c1-2-3-4-5-6-7-8-31-26-46-37(41-31)42(47(44,45)33-14-16-35-29(24-33)19-22-40-35)32-12-9-27(10-13-32)17-20-38-25-36(43)30-11-15-34-28(23-30)18-21-39-34/h9-16,18,21,23-24,26,36,38-40,43H,2-8,17,19-20,22,25H2,1H3. The van der Waals surface area contributed by atoms with Crippen LogP contribution in [0.25, 0.3) is 10.9 Å². The zero-order valence-electron chi connectivity index (χ0n) is 27.0. The number of H-pyrrole nitrogens is 1. The number of hydrogen-bond donors (Lipinski definition) is 4. The SMILES string of the molecule is CCCCCCCCc1csc(N(c2ccc(CCNCC(O)c3ccc4[nH]ccc4c3)cc2)S(=O)(=O)c2ccc3c(c2)CCN3)n1. The molecule has 3 heterocycles. The van der Waals surface area contributed by atoms with Gasteiger partial charge in [0.2, 0.25) is 5.13 Å². The van der Waals surface area contributed by atoms with E-state index < -0.39 is 16.1 Å². The fourth-order valence-corrected chi connectivity index (χ4v) is 8.75. The minimum absolute atomic E-state index is 0.273. The lowest BCUT2D eigenvalue weighted by Crippen LogP contribution is -2.26. The van der Waals surface area contributed by atoms with Crippen LogP contribution in [0.1, 0.15) is 73.9 Å². The Labute approximate surface area is 282 Å².